The zero-order valence-electron chi connectivity index (χ0n) is 34.1. The molecule has 5 heterocycles. The van der Waals surface area contributed by atoms with Gasteiger partial charge >= 0.3 is 5.97 Å². The molecule has 13 nitrogen and oxygen atoms in total. The SMILES string of the molecule is Cc1c(Nc2nc3ccccc3s2)nnc2c1CCCN2c1ccc(-n2nc(CC34CC5(C)CC(C)(C3)CC(OCCNCCCCO)(C5)C4)cc2C)c(C(=O)O)n1. The van der Waals surface area contributed by atoms with Crippen molar-refractivity contribution in [2.24, 2.45) is 16.2 Å². The number of nitrogens with one attached hydrogen (secondary N) is 2. The first-order valence-electron chi connectivity index (χ1n) is 20.9. The van der Waals surface area contributed by atoms with Gasteiger partial charge in [0.25, 0.3) is 0 Å². The Balaban J connectivity index is 0.947. The number of carboxylic acid groups (broad SMARTS) is 1. The van der Waals surface area contributed by atoms with Crippen LogP contribution in [0.3, 0.4) is 0 Å². The van der Waals surface area contributed by atoms with Gasteiger partial charge < -0.3 is 30.5 Å². The first-order chi connectivity index (χ1) is 27.9. The Morgan fingerprint density at radius 3 is 2.55 bits per heavy atom. The number of aliphatic hydroxyl groups excluding tert-OH is 1. The van der Waals surface area contributed by atoms with Gasteiger partial charge in [0.2, 0.25) is 0 Å². The van der Waals surface area contributed by atoms with Crippen LogP contribution in [-0.2, 0) is 17.6 Å². The predicted molar refractivity (Wildman–Crippen MR) is 226 cm³/mol. The van der Waals surface area contributed by atoms with Crippen LogP contribution in [0.15, 0.2) is 42.5 Å². The van der Waals surface area contributed by atoms with Gasteiger partial charge in [-0.2, -0.15) is 5.10 Å². The molecule has 2 atom stereocenters. The van der Waals surface area contributed by atoms with Crippen molar-refractivity contribution in [2.75, 3.05) is 43.1 Å². The number of fused-ring (bicyclic) bond motifs is 2. The Kier molecular flexibility index (Phi) is 10.1. The number of benzene rings is 1. The zero-order valence-corrected chi connectivity index (χ0v) is 34.9. The van der Waals surface area contributed by atoms with Gasteiger partial charge in [-0.15, -0.1) is 10.2 Å². The van der Waals surface area contributed by atoms with Gasteiger partial charge in [0.1, 0.15) is 5.82 Å². The van der Waals surface area contributed by atoms with Crippen LogP contribution in [0.2, 0.25) is 0 Å². The van der Waals surface area contributed by atoms with Crippen LogP contribution in [0.5, 0.6) is 0 Å². The number of carbonyl (C=O) groups is 1. The van der Waals surface area contributed by atoms with Gasteiger partial charge in [-0.3, -0.25) is 0 Å². The number of anilines is 4. The van der Waals surface area contributed by atoms with Gasteiger partial charge in [0, 0.05) is 36.5 Å². The van der Waals surface area contributed by atoms with Gasteiger partial charge in [-0.25, -0.2) is 19.4 Å². The quantitative estimate of drug-likeness (QED) is 0.0760. The van der Waals surface area contributed by atoms with Crippen LogP contribution in [0.25, 0.3) is 15.9 Å². The summed E-state index contributed by atoms with van der Waals surface area (Å²) in [5.74, 6) is 0.777. The molecule has 306 valence electrons. The second-order valence-corrected chi connectivity index (χ2v) is 19.5. The fourth-order valence-corrected chi connectivity index (χ4v) is 13.0. The normalized spacial score (nSPS) is 26.1. The van der Waals surface area contributed by atoms with Crippen molar-refractivity contribution >= 4 is 50.1 Å². The van der Waals surface area contributed by atoms with Crippen molar-refractivity contribution in [3.8, 4) is 5.69 Å². The van der Waals surface area contributed by atoms with Crippen LogP contribution in [0.4, 0.5) is 22.6 Å². The highest BCUT2D eigenvalue weighted by atomic mass is 32.1. The summed E-state index contributed by atoms with van der Waals surface area (Å²) in [6.07, 6.45) is 11.1. The molecule has 4 aromatic heterocycles. The lowest BCUT2D eigenvalue weighted by atomic mass is 9.38. The molecule has 0 spiro atoms. The van der Waals surface area contributed by atoms with Crippen LogP contribution in [-0.4, -0.2) is 84.6 Å². The van der Waals surface area contributed by atoms with Gasteiger partial charge in [0.05, 0.1) is 33.8 Å². The Labute approximate surface area is 343 Å². The number of nitrogens with zero attached hydrogens (tertiary/aromatic N) is 7. The first-order valence-corrected chi connectivity index (χ1v) is 21.7. The monoisotopic (exact) mass is 805 g/mol. The van der Waals surface area contributed by atoms with Gasteiger partial charge in [-0.05, 0) is 138 Å². The maximum absolute atomic E-state index is 12.9. The fraction of sp³-hybridized carbons (Fsp3) is 0.545. The Hall–Kier alpha value is -4.50. The lowest BCUT2D eigenvalue weighted by Crippen LogP contribution is -2.64. The molecule has 5 aromatic rings. The van der Waals surface area contributed by atoms with Crippen LogP contribution in [0, 0.1) is 30.1 Å². The van der Waals surface area contributed by atoms with E-state index in [0.717, 1.165) is 115 Å². The van der Waals surface area contributed by atoms with E-state index in [0.29, 0.717) is 36.3 Å². The molecular weight excluding hydrogens is 751 g/mol. The minimum absolute atomic E-state index is 0.0478. The first kappa shape index (κ1) is 39.0. The van der Waals surface area contributed by atoms with Crippen molar-refractivity contribution in [2.45, 2.75) is 104 Å². The summed E-state index contributed by atoms with van der Waals surface area (Å²) in [6.45, 7) is 12.3. The fourth-order valence-electron chi connectivity index (χ4n) is 12.1. The minimum Gasteiger partial charge on any atom is -0.476 e. The number of unbranched alkanes of at least 4 members (excludes halogenated alkanes) is 1. The number of aromatic carboxylic acids is 1. The number of pyridine rings is 1. The van der Waals surface area contributed by atoms with Crippen molar-refractivity contribution in [1.82, 2.24) is 35.3 Å². The van der Waals surface area contributed by atoms with Gasteiger partial charge in [0.15, 0.2) is 22.5 Å². The van der Waals surface area contributed by atoms with E-state index in [2.05, 4.69) is 46.8 Å². The largest absolute Gasteiger partial charge is 0.476 e. The number of thiazole rings is 1. The third-order valence-electron chi connectivity index (χ3n) is 13.1. The topological polar surface area (TPSA) is 163 Å². The average Bonchev–Trinajstić information content (AvgIpc) is 3.75. The molecule has 14 heteroatoms. The molecule has 4 bridgehead atoms. The number of aromatic nitrogens is 6. The molecule has 10 rings (SSSR count). The highest BCUT2D eigenvalue weighted by Gasteiger charge is 2.66. The number of rotatable bonds is 15. The van der Waals surface area contributed by atoms with E-state index in [1.807, 2.05) is 49.1 Å². The standard InChI is InChI=1S/C44H55N9O4S/c1-28-20-30(21-43-23-41(3)22-42(4,24-43)26-44(25-41,27-43)57-19-16-45-15-7-8-18-54)51-53(28)33-13-14-35(47-36(33)39(55)56)52-17-9-10-31-29(2)37(49-50-38(31)52)48-40-46-32-11-5-6-12-34(32)58-40/h5-6,11-14,20,45,54H,7-10,15-19,21-27H2,1-4H3,(H,55,56)(H,46,48,49). The van der Waals surface area contributed by atoms with E-state index in [9.17, 15) is 9.90 Å². The second-order valence-electron chi connectivity index (χ2n) is 18.4. The van der Waals surface area contributed by atoms with E-state index >= 15 is 0 Å². The number of carboxylic acids is 1. The van der Waals surface area contributed by atoms with E-state index in [4.69, 9.17) is 24.9 Å². The molecule has 58 heavy (non-hydrogen) atoms. The third-order valence-corrected chi connectivity index (χ3v) is 14.0. The molecule has 0 radical (unpaired) electrons. The Morgan fingerprint density at radius 2 is 1.78 bits per heavy atom. The molecule has 4 N–H and O–H groups in total. The summed E-state index contributed by atoms with van der Waals surface area (Å²) < 4.78 is 9.75. The molecule has 0 amide bonds. The number of para-hydroxylation sites is 1. The highest BCUT2D eigenvalue weighted by molar-refractivity contribution is 7.22. The lowest BCUT2D eigenvalue weighted by molar-refractivity contribution is -0.244. The molecule has 4 aliphatic carbocycles. The van der Waals surface area contributed by atoms with Crippen LogP contribution >= 0.6 is 11.3 Å². The highest BCUT2D eigenvalue weighted by Crippen LogP contribution is 2.72. The van der Waals surface area contributed by atoms with Crippen LogP contribution < -0.4 is 15.5 Å². The summed E-state index contributed by atoms with van der Waals surface area (Å²) in [5, 5.41) is 41.7. The van der Waals surface area contributed by atoms with Crippen molar-refractivity contribution in [3.05, 3.63) is 70.7 Å². The lowest BCUT2D eigenvalue weighted by Gasteiger charge is -2.69. The molecule has 1 aromatic carbocycles. The number of aliphatic hydroxyl groups is 1. The number of ether oxygens (including phenoxy) is 1. The summed E-state index contributed by atoms with van der Waals surface area (Å²) in [5.41, 5.74) is 5.63. The summed E-state index contributed by atoms with van der Waals surface area (Å²) in [6, 6.07) is 13.9. The summed E-state index contributed by atoms with van der Waals surface area (Å²) >= 11 is 1.58. The molecular formula is C44H55N9O4S. The number of aryl methyl sites for hydroxylation is 1. The minimum atomic E-state index is -1.10. The summed E-state index contributed by atoms with van der Waals surface area (Å²) in [4.78, 5) is 24.4. The van der Waals surface area contributed by atoms with Crippen LogP contribution in [0.1, 0.15) is 105 Å². The van der Waals surface area contributed by atoms with Crippen molar-refractivity contribution in [3.63, 3.8) is 0 Å². The van der Waals surface area contributed by atoms with E-state index in [1.54, 1.807) is 16.0 Å². The molecule has 4 fully saturated rings. The molecule has 5 aliphatic rings. The predicted octanol–water partition coefficient (Wildman–Crippen LogP) is 7.85. The number of hydrogen-bond acceptors (Lipinski definition) is 12. The van der Waals surface area contributed by atoms with Gasteiger partial charge in [-0.1, -0.05) is 37.3 Å². The second kappa shape index (κ2) is 15.0. The summed E-state index contributed by atoms with van der Waals surface area (Å²) in [7, 11) is 0. The zero-order chi connectivity index (χ0) is 40.3. The van der Waals surface area contributed by atoms with E-state index < -0.39 is 5.97 Å². The third kappa shape index (κ3) is 7.37. The Bertz CT molecular complexity index is 2310. The average molecular weight is 806 g/mol. The molecule has 2 unspecified atom stereocenters. The molecule has 4 saturated carbocycles. The van der Waals surface area contributed by atoms with Crippen molar-refractivity contribution in [1.29, 1.82) is 0 Å². The molecule has 1 aliphatic heterocycles. The molecule has 0 saturated heterocycles. The van der Waals surface area contributed by atoms with E-state index in [1.165, 1.54) is 6.42 Å². The number of hydrogen-bond donors (Lipinski definition) is 4. The smallest absolute Gasteiger partial charge is 0.356 e. The van der Waals surface area contributed by atoms with E-state index in [-0.39, 0.29) is 34.1 Å². The maximum Gasteiger partial charge on any atom is 0.356 e. The van der Waals surface area contributed by atoms with Crippen molar-refractivity contribution < 1.29 is 19.7 Å². The Morgan fingerprint density at radius 1 is 0.966 bits per heavy atom. The maximum atomic E-state index is 12.9.